The Morgan fingerprint density at radius 1 is 1.25 bits per heavy atom. The summed E-state index contributed by atoms with van der Waals surface area (Å²) in [7, 11) is 1.62. The first-order chi connectivity index (χ1) is 16.9. The molecule has 36 heavy (non-hydrogen) atoms. The molecule has 206 valence electrons. The summed E-state index contributed by atoms with van der Waals surface area (Å²) in [6.07, 6.45) is -2.65. The molecule has 15 N–H and O–H groups in total. The van der Waals surface area contributed by atoms with Crippen molar-refractivity contribution in [2.24, 2.45) is 39.6 Å². The molecule has 0 bridgehead atoms. The molecule has 0 aromatic carbocycles. The zero-order valence-electron chi connectivity index (χ0n) is 20.8. The number of nitrogens with zero attached hydrogens (tertiary/aromatic N) is 1. The predicted molar refractivity (Wildman–Crippen MR) is 133 cm³/mol. The Morgan fingerprint density at radius 3 is 2.56 bits per heavy atom. The van der Waals surface area contributed by atoms with Crippen LogP contribution < -0.4 is 39.3 Å². The van der Waals surface area contributed by atoms with Crippen molar-refractivity contribution in [1.82, 2.24) is 10.6 Å². The third-order valence-electron chi connectivity index (χ3n) is 7.06. The van der Waals surface area contributed by atoms with E-state index in [-0.39, 0.29) is 24.9 Å². The van der Waals surface area contributed by atoms with Crippen LogP contribution in [0, 0.1) is 5.92 Å². The molecule has 14 heteroatoms. The number of nitrogens with one attached hydrogen (secondary N) is 2. The highest BCUT2D eigenvalue weighted by molar-refractivity contribution is 5.76. The summed E-state index contributed by atoms with van der Waals surface area (Å²) in [5.74, 6) is 0.0643. The first kappa shape index (κ1) is 28.4. The van der Waals surface area contributed by atoms with Crippen LogP contribution in [0.3, 0.4) is 0 Å². The normalized spacial score (nSPS) is 43.1. The van der Waals surface area contributed by atoms with Gasteiger partial charge in [0.2, 0.25) is 0 Å². The fourth-order valence-electron chi connectivity index (χ4n) is 5.33. The van der Waals surface area contributed by atoms with Gasteiger partial charge >= 0.3 is 0 Å². The Hall–Kier alpha value is -2.17. The molecule has 1 aliphatic carbocycles. The number of likely N-dealkylation sites (N-methyl/N-ethyl adjacent to an activating group) is 1. The zero-order chi connectivity index (χ0) is 26.8. The monoisotopic (exact) mass is 514 g/mol. The van der Waals surface area contributed by atoms with E-state index in [1.807, 2.05) is 6.08 Å². The van der Waals surface area contributed by atoms with E-state index in [1.54, 1.807) is 14.0 Å². The van der Waals surface area contributed by atoms with Gasteiger partial charge < -0.3 is 68.8 Å². The largest absolute Gasteiger partial charge is 0.491 e. The number of rotatable bonds is 8. The molecule has 0 amide bonds. The maximum atomic E-state index is 11.5. The second-order valence-corrected chi connectivity index (χ2v) is 10.0. The Bertz CT molecular complexity index is 837. The quantitative estimate of drug-likeness (QED) is 0.109. The Kier molecular flexibility index (Phi) is 9.06. The third kappa shape index (κ3) is 6.20. The summed E-state index contributed by atoms with van der Waals surface area (Å²) in [6.45, 7) is 5.36. The predicted octanol–water partition coefficient (Wildman–Crippen LogP) is -4.20. The van der Waals surface area contributed by atoms with Crippen LogP contribution in [-0.2, 0) is 14.2 Å². The van der Waals surface area contributed by atoms with Crippen LogP contribution in [0.15, 0.2) is 29.2 Å². The van der Waals surface area contributed by atoms with Crippen molar-refractivity contribution < 1.29 is 29.5 Å². The van der Waals surface area contributed by atoms with E-state index in [1.165, 1.54) is 0 Å². The number of aliphatic imine (C=N–C) groups is 1. The minimum atomic E-state index is -1.32. The van der Waals surface area contributed by atoms with Gasteiger partial charge in [0.05, 0.1) is 37.2 Å². The molecule has 2 fully saturated rings. The molecule has 2 aliphatic heterocycles. The van der Waals surface area contributed by atoms with Crippen molar-refractivity contribution in [2.45, 2.75) is 80.2 Å². The first-order valence-corrected chi connectivity index (χ1v) is 12.0. The fourth-order valence-corrected chi connectivity index (χ4v) is 5.33. The van der Waals surface area contributed by atoms with Gasteiger partial charge in [-0.1, -0.05) is 6.58 Å². The molecule has 3 rings (SSSR count). The molecule has 1 saturated carbocycles. The van der Waals surface area contributed by atoms with Crippen LogP contribution in [0.1, 0.15) is 19.8 Å². The topological polar surface area (TPSA) is 255 Å². The van der Waals surface area contributed by atoms with Crippen molar-refractivity contribution >= 4 is 5.96 Å². The standard InChI is InChI=1S/C22H42N8O6/c1-9(23)29-7-10-4-5-13(30-21(26)27)18(35-10)14-11(24)6-12(25)17(15(14)31)36-20-16(32)19(28-3)22(2,33)8-34-20/h4,11-20,28-29,31-33H,1,5-8,23-25H2,2-3H3,(H4,26,27,30)/t11-,12+,13+,14?,15-,16+,17-,18-,19+,20+,22-/m0/s1. The van der Waals surface area contributed by atoms with E-state index in [2.05, 4.69) is 22.2 Å². The lowest BCUT2D eigenvalue weighted by molar-refractivity contribution is -0.296. The summed E-state index contributed by atoms with van der Waals surface area (Å²) in [5.41, 5.74) is 28.4. The molecule has 14 nitrogen and oxygen atoms in total. The summed E-state index contributed by atoms with van der Waals surface area (Å²) < 4.78 is 17.9. The van der Waals surface area contributed by atoms with Crippen molar-refractivity contribution in [3.05, 3.63) is 24.2 Å². The van der Waals surface area contributed by atoms with Crippen LogP contribution in [0.5, 0.6) is 0 Å². The Morgan fingerprint density at radius 2 is 1.94 bits per heavy atom. The molecule has 0 aromatic rings. The van der Waals surface area contributed by atoms with Crippen molar-refractivity contribution in [2.75, 3.05) is 20.2 Å². The number of nitrogens with two attached hydrogens (primary N) is 5. The highest BCUT2D eigenvalue weighted by atomic mass is 16.7. The smallest absolute Gasteiger partial charge is 0.186 e. The van der Waals surface area contributed by atoms with Crippen molar-refractivity contribution in [1.29, 1.82) is 0 Å². The van der Waals surface area contributed by atoms with Crippen LogP contribution in [0.25, 0.3) is 0 Å². The molecular weight excluding hydrogens is 472 g/mol. The molecule has 0 spiro atoms. The number of hydrogen-bond acceptors (Lipinski definition) is 12. The van der Waals surface area contributed by atoms with Crippen LogP contribution in [-0.4, -0.2) is 102 Å². The summed E-state index contributed by atoms with van der Waals surface area (Å²) >= 11 is 0. The van der Waals surface area contributed by atoms with E-state index in [0.29, 0.717) is 18.6 Å². The minimum Gasteiger partial charge on any atom is -0.491 e. The number of hydrogen-bond donors (Lipinski definition) is 10. The van der Waals surface area contributed by atoms with Gasteiger partial charge in [-0.3, -0.25) is 0 Å². The summed E-state index contributed by atoms with van der Waals surface area (Å²) in [4.78, 5) is 4.30. The summed E-state index contributed by atoms with van der Waals surface area (Å²) in [6, 6.07) is -2.45. The van der Waals surface area contributed by atoms with E-state index in [4.69, 9.17) is 42.9 Å². The molecule has 3 aliphatic rings. The van der Waals surface area contributed by atoms with Gasteiger partial charge in [0.1, 0.15) is 29.7 Å². The molecule has 11 atom stereocenters. The van der Waals surface area contributed by atoms with Crippen LogP contribution >= 0.6 is 0 Å². The SMILES string of the molecule is C=C(N)NCC1=CC[C@@H](N=C(N)N)[C@@H](C2[C@@H](N)C[C@@H](N)[C@H](O[C@H]3OC[C@](C)(O)[C@H](NC)[C@H]3O)[C@H]2O)O1. The maximum absolute atomic E-state index is 11.5. The lowest BCUT2D eigenvalue weighted by atomic mass is 9.73. The van der Waals surface area contributed by atoms with Gasteiger partial charge in [-0.15, -0.1) is 0 Å². The van der Waals surface area contributed by atoms with Gasteiger partial charge in [0.15, 0.2) is 12.2 Å². The van der Waals surface area contributed by atoms with Crippen molar-refractivity contribution in [3.63, 3.8) is 0 Å². The zero-order valence-corrected chi connectivity index (χ0v) is 20.8. The first-order valence-electron chi connectivity index (χ1n) is 12.0. The molecule has 2 heterocycles. The highest BCUT2D eigenvalue weighted by Crippen LogP contribution is 2.37. The third-order valence-corrected chi connectivity index (χ3v) is 7.06. The second kappa shape index (κ2) is 11.5. The molecule has 1 unspecified atom stereocenters. The maximum Gasteiger partial charge on any atom is 0.186 e. The minimum absolute atomic E-state index is 0.0902. The average Bonchev–Trinajstić information content (AvgIpc) is 2.77. The van der Waals surface area contributed by atoms with Crippen LogP contribution in [0.4, 0.5) is 0 Å². The summed E-state index contributed by atoms with van der Waals surface area (Å²) in [5, 5.41) is 38.6. The van der Waals surface area contributed by atoms with Gasteiger partial charge in [-0.2, -0.15) is 0 Å². The number of aliphatic hydroxyl groups is 3. The number of aliphatic hydroxyl groups excluding tert-OH is 2. The lowest BCUT2D eigenvalue weighted by Gasteiger charge is -2.49. The van der Waals surface area contributed by atoms with Gasteiger partial charge in [-0.05, 0) is 32.9 Å². The molecule has 1 saturated heterocycles. The van der Waals surface area contributed by atoms with E-state index < -0.39 is 66.4 Å². The highest BCUT2D eigenvalue weighted by Gasteiger charge is 2.52. The van der Waals surface area contributed by atoms with Crippen molar-refractivity contribution in [3.8, 4) is 0 Å². The average molecular weight is 515 g/mol. The van der Waals surface area contributed by atoms with Gasteiger partial charge in [0.25, 0.3) is 0 Å². The van der Waals surface area contributed by atoms with Crippen LogP contribution in [0.2, 0.25) is 0 Å². The van der Waals surface area contributed by atoms with E-state index in [0.717, 1.165) is 0 Å². The molecule has 0 aromatic heterocycles. The number of ether oxygens (including phenoxy) is 3. The lowest BCUT2D eigenvalue weighted by Crippen LogP contribution is -2.68. The molecule has 0 radical (unpaired) electrons. The second-order valence-electron chi connectivity index (χ2n) is 10.0. The number of guanidine groups is 1. The molecular formula is C22H42N8O6. The fraction of sp³-hybridized carbons (Fsp3) is 0.773. The Balaban J connectivity index is 1.82. The Labute approximate surface area is 210 Å². The van der Waals surface area contributed by atoms with E-state index in [9.17, 15) is 15.3 Å². The van der Waals surface area contributed by atoms with E-state index >= 15 is 0 Å². The van der Waals surface area contributed by atoms with Gasteiger partial charge in [-0.25, -0.2) is 4.99 Å². The van der Waals surface area contributed by atoms with Gasteiger partial charge in [0, 0.05) is 18.0 Å².